The molecule has 136 valence electrons. The van der Waals surface area contributed by atoms with Crippen molar-refractivity contribution in [3.05, 3.63) is 35.6 Å². The Morgan fingerprint density at radius 1 is 1.12 bits per heavy atom. The highest BCUT2D eigenvalue weighted by atomic mass is 19.1. The molecule has 1 unspecified atom stereocenters. The Labute approximate surface area is 147 Å². The van der Waals surface area contributed by atoms with Crippen LogP contribution in [-0.4, -0.2) is 41.1 Å². The lowest BCUT2D eigenvalue weighted by Crippen LogP contribution is -2.45. The van der Waals surface area contributed by atoms with Crippen molar-refractivity contribution in [1.82, 2.24) is 10.2 Å². The summed E-state index contributed by atoms with van der Waals surface area (Å²) in [7, 11) is 0. The molecule has 1 heterocycles. The number of urea groups is 1. The number of carboxylic acids is 1. The molecule has 0 bridgehead atoms. The molecule has 1 atom stereocenters. The lowest BCUT2D eigenvalue weighted by Gasteiger charge is -2.28. The van der Waals surface area contributed by atoms with Gasteiger partial charge in [0, 0.05) is 19.1 Å². The van der Waals surface area contributed by atoms with Crippen LogP contribution in [0.5, 0.6) is 0 Å². The number of halogens is 1. The molecule has 1 aromatic rings. The fourth-order valence-corrected chi connectivity index (χ4v) is 3.89. The zero-order valence-electron chi connectivity index (χ0n) is 14.3. The second-order valence-corrected chi connectivity index (χ2v) is 7.27. The van der Waals surface area contributed by atoms with E-state index in [9.17, 15) is 14.0 Å². The second-order valence-electron chi connectivity index (χ2n) is 7.27. The van der Waals surface area contributed by atoms with Crippen LogP contribution >= 0.6 is 0 Å². The van der Waals surface area contributed by atoms with E-state index in [-0.39, 0.29) is 23.8 Å². The van der Waals surface area contributed by atoms with Crippen molar-refractivity contribution in [3.8, 4) is 0 Å². The van der Waals surface area contributed by atoms with Crippen molar-refractivity contribution >= 4 is 12.0 Å². The average molecular weight is 348 g/mol. The van der Waals surface area contributed by atoms with E-state index in [1.54, 1.807) is 12.1 Å². The van der Waals surface area contributed by atoms with Gasteiger partial charge in [-0.15, -0.1) is 0 Å². The van der Waals surface area contributed by atoms with E-state index in [2.05, 4.69) is 5.32 Å². The molecule has 1 saturated heterocycles. The first-order valence-corrected chi connectivity index (χ1v) is 9.04. The molecular formula is C19H25FN2O3. The lowest BCUT2D eigenvalue weighted by atomic mass is 9.86. The van der Waals surface area contributed by atoms with Gasteiger partial charge in [0.05, 0.1) is 5.92 Å². The summed E-state index contributed by atoms with van der Waals surface area (Å²) in [5, 5.41) is 12.1. The van der Waals surface area contributed by atoms with Gasteiger partial charge in [-0.2, -0.15) is 0 Å². The van der Waals surface area contributed by atoms with Crippen molar-refractivity contribution in [3.63, 3.8) is 0 Å². The number of carbonyl (C=O) groups is 2. The molecule has 2 N–H and O–H groups in total. The van der Waals surface area contributed by atoms with Crippen molar-refractivity contribution in [1.29, 1.82) is 0 Å². The second kappa shape index (κ2) is 7.85. The third-order valence-electron chi connectivity index (χ3n) is 5.41. The Balaban J connectivity index is 1.43. The first-order chi connectivity index (χ1) is 12.0. The fraction of sp³-hybridized carbons (Fsp3) is 0.579. The highest BCUT2D eigenvalue weighted by Gasteiger charge is 2.30. The van der Waals surface area contributed by atoms with E-state index in [1.165, 1.54) is 12.1 Å². The molecule has 2 fully saturated rings. The summed E-state index contributed by atoms with van der Waals surface area (Å²) in [5.74, 6) is -0.819. The van der Waals surface area contributed by atoms with Gasteiger partial charge >= 0.3 is 12.0 Å². The summed E-state index contributed by atoms with van der Waals surface area (Å²) in [6.45, 7) is 1.45. The third-order valence-corrected chi connectivity index (χ3v) is 5.41. The van der Waals surface area contributed by atoms with Crippen molar-refractivity contribution in [2.24, 2.45) is 11.8 Å². The number of hydrogen-bond acceptors (Lipinski definition) is 2. The summed E-state index contributed by atoms with van der Waals surface area (Å²) >= 11 is 0. The van der Waals surface area contributed by atoms with Crippen LogP contribution in [0, 0.1) is 17.7 Å². The summed E-state index contributed by atoms with van der Waals surface area (Å²) < 4.78 is 13.0. The maximum atomic E-state index is 13.0. The number of likely N-dealkylation sites (tertiary alicyclic amines) is 1. The molecule has 3 rings (SSSR count). The molecule has 1 aromatic carbocycles. The Bertz CT molecular complexity index is 612. The van der Waals surface area contributed by atoms with Crippen LogP contribution < -0.4 is 5.32 Å². The number of carbonyl (C=O) groups excluding carboxylic acids is 1. The van der Waals surface area contributed by atoms with E-state index in [0.29, 0.717) is 25.3 Å². The molecular weight excluding hydrogens is 323 g/mol. The van der Waals surface area contributed by atoms with Gasteiger partial charge < -0.3 is 15.3 Å². The predicted octanol–water partition coefficient (Wildman–Crippen LogP) is 3.04. The van der Waals surface area contributed by atoms with E-state index < -0.39 is 5.97 Å². The van der Waals surface area contributed by atoms with Crippen LogP contribution in [0.3, 0.4) is 0 Å². The normalized spacial score (nSPS) is 26.4. The highest BCUT2D eigenvalue weighted by Crippen LogP contribution is 2.25. The minimum Gasteiger partial charge on any atom is -0.481 e. The van der Waals surface area contributed by atoms with Gasteiger partial charge in [0.1, 0.15) is 5.82 Å². The van der Waals surface area contributed by atoms with Gasteiger partial charge in [0.2, 0.25) is 0 Å². The molecule has 1 aliphatic carbocycles. The Hall–Kier alpha value is -2.11. The SMILES string of the molecule is O=C(O)C1CCC(NC(=O)N2CCC(Cc3ccc(F)cc3)C2)CC1. The summed E-state index contributed by atoms with van der Waals surface area (Å²) in [5.41, 5.74) is 1.10. The van der Waals surface area contributed by atoms with E-state index in [1.807, 2.05) is 4.90 Å². The summed E-state index contributed by atoms with van der Waals surface area (Å²) in [6, 6.07) is 6.60. The van der Waals surface area contributed by atoms with Gasteiger partial charge in [-0.1, -0.05) is 12.1 Å². The summed E-state index contributed by atoms with van der Waals surface area (Å²) in [4.78, 5) is 25.2. The first kappa shape index (κ1) is 17.7. The van der Waals surface area contributed by atoms with Crippen LogP contribution in [0.15, 0.2) is 24.3 Å². The lowest BCUT2D eigenvalue weighted by molar-refractivity contribution is -0.142. The van der Waals surface area contributed by atoms with Gasteiger partial charge in [-0.3, -0.25) is 4.79 Å². The largest absolute Gasteiger partial charge is 0.481 e. The fourth-order valence-electron chi connectivity index (χ4n) is 3.89. The van der Waals surface area contributed by atoms with Gasteiger partial charge in [0.15, 0.2) is 0 Å². The molecule has 2 amide bonds. The number of aliphatic carboxylic acids is 1. The van der Waals surface area contributed by atoms with Crippen LogP contribution in [0.2, 0.25) is 0 Å². The number of carboxylic acid groups (broad SMARTS) is 1. The van der Waals surface area contributed by atoms with E-state index >= 15 is 0 Å². The number of hydrogen-bond donors (Lipinski definition) is 2. The van der Waals surface area contributed by atoms with Crippen LogP contribution in [0.25, 0.3) is 0 Å². The quantitative estimate of drug-likeness (QED) is 0.879. The average Bonchev–Trinajstić information content (AvgIpc) is 3.06. The van der Waals surface area contributed by atoms with Gasteiger partial charge in [-0.25, -0.2) is 9.18 Å². The minimum absolute atomic E-state index is 0.0413. The molecule has 0 radical (unpaired) electrons. The Morgan fingerprint density at radius 2 is 1.80 bits per heavy atom. The third kappa shape index (κ3) is 4.71. The molecule has 5 nitrogen and oxygen atoms in total. The number of nitrogens with zero attached hydrogens (tertiary/aromatic N) is 1. The zero-order chi connectivity index (χ0) is 17.8. The molecule has 2 aliphatic rings. The molecule has 0 spiro atoms. The van der Waals surface area contributed by atoms with Crippen molar-refractivity contribution < 1.29 is 19.1 Å². The highest BCUT2D eigenvalue weighted by molar-refractivity contribution is 5.75. The predicted molar refractivity (Wildman–Crippen MR) is 91.7 cm³/mol. The zero-order valence-corrected chi connectivity index (χ0v) is 14.3. The maximum Gasteiger partial charge on any atom is 0.317 e. The van der Waals surface area contributed by atoms with Crippen molar-refractivity contribution in [2.75, 3.05) is 13.1 Å². The topological polar surface area (TPSA) is 69.6 Å². The first-order valence-electron chi connectivity index (χ1n) is 9.04. The van der Waals surface area contributed by atoms with E-state index in [4.69, 9.17) is 5.11 Å². The van der Waals surface area contributed by atoms with Crippen LogP contribution in [0.1, 0.15) is 37.7 Å². The van der Waals surface area contributed by atoms with Gasteiger partial charge in [-0.05, 0) is 62.1 Å². The van der Waals surface area contributed by atoms with Crippen LogP contribution in [0.4, 0.5) is 9.18 Å². The number of benzene rings is 1. The molecule has 25 heavy (non-hydrogen) atoms. The molecule has 6 heteroatoms. The van der Waals surface area contributed by atoms with Gasteiger partial charge in [0.25, 0.3) is 0 Å². The Kier molecular flexibility index (Phi) is 5.56. The Morgan fingerprint density at radius 3 is 2.44 bits per heavy atom. The monoisotopic (exact) mass is 348 g/mol. The molecule has 0 aromatic heterocycles. The minimum atomic E-state index is -0.729. The molecule has 1 saturated carbocycles. The smallest absolute Gasteiger partial charge is 0.317 e. The van der Waals surface area contributed by atoms with Crippen molar-refractivity contribution in [2.45, 2.75) is 44.6 Å². The number of nitrogens with one attached hydrogen (secondary N) is 1. The number of rotatable bonds is 4. The summed E-state index contributed by atoms with van der Waals surface area (Å²) in [6.07, 6.45) is 4.54. The number of amides is 2. The van der Waals surface area contributed by atoms with Crippen LogP contribution in [-0.2, 0) is 11.2 Å². The van der Waals surface area contributed by atoms with E-state index in [0.717, 1.165) is 37.8 Å². The maximum absolute atomic E-state index is 13.0. The molecule has 1 aliphatic heterocycles. The standard InChI is InChI=1S/C19H25FN2O3/c20-16-5-1-13(2-6-16)11-14-9-10-22(12-14)19(25)21-17-7-3-15(4-8-17)18(23)24/h1-2,5-6,14-15,17H,3-4,7-12H2,(H,21,25)(H,23,24).